The van der Waals surface area contributed by atoms with Gasteiger partial charge in [-0.3, -0.25) is 29.2 Å². The summed E-state index contributed by atoms with van der Waals surface area (Å²) < 4.78 is 5.74. The van der Waals surface area contributed by atoms with Gasteiger partial charge in [-0.15, -0.1) is 0 Å². The van der Waals surface area contributed by atoms with E-state index in [4.69, 9.17) is 4.74 Å². The average Bonchev–Trinajstić information content (AvgIpc) is 2.88. The number of aromatic nitrogens is 1. The van der Waals surface area contributed by atoms with Gasteiger partial charge in [0.25, 0.3) is 5.91 Å². The van der Waals surface area contributed by atoms with Gasteiger partial charge in [0.05, 0.1) is 5.69 Å². The Kier molecular flexibility index (Phi) is 7.87. The van der Waals surface area contributed by atoms with Crippen LogP contribution in [0.15, 0.2) is 36.5 Å². The predicted octanol–water partition coefficient (Wildman–Crippen LogP) is 2.01. The molecule has 1 fully saturated rings. The highest BCUT2D eigenvalue weighted by Gasteiger charge is 2.33. The average molecular weight is 508 g/mol. The maximum atomic E-state index is 13.1. The maximum Gasteiger partial charge on any atom is 0.325 e. The van der Waals surface area contributed by atoms with E-state index >= 15 is 0 Å². The Morgan fingerprint density at radius 3 is 2.57 bits per heavy atom. The molecule has 0 aliphatic carbocycles. The molecule has 1 aromatic heterocycles. The molecule has 0 radical (unpaired) electrons. The van der Waals surface area contributed by atoms with E-state index in [0.717, 1.165) is 16.3 Å². The molecule has 2 aromatic rings. The lowest BCUT2D eigenvalue weighted by molar-refractivity contribution is -0.157. The van der Waals surface area contributed by atoms with Gasteiger partial charge in [0.1, 0.15) is 24.2 Å². The van der Waals surface area contributed by atoms with Crippen molar-refractivity contribution in [3.8, 4) is 0 Å². The molecule has 5 bridgehead atoms. The summed E-state index contributed by atoms with van der Waals surface area (Å²) in [4.78, 5) is 56.0. The molecule has 1 aromatic carbocycles. The zero-order valence-corrected chi connectivity index (χ0v) is 21.5. The summed E-state index contributed by atoms with van der Waals surface area (Å²) in [7, 11) is 0. The molecule has 4 atom stereocenters. The van der Waals surface area contributed by atoms with Crippen LogP contribution in [-0.4, -0.2) is 58.4 Å². The number of cyclic esters (lactones) is 1. The topological polar surface area (TPSA) is 130 Å². The molecule has 2 aliphatic rings. The van der Waals surface area contributed by atoms with Gasteiger partial charge in [-0.05, 0) is 61.8 Å². The summed E-state index contributed by atoms with van der Waals surface area (Å²) in [5, 5.41) is 8.57. The Morgan fingerprint density at radius 2 is 1.81 bits per heavy atom. The molecule has 3 amide bonds. The Labute approximate surface area is 215 Å². The van der Waals surface area contributed by atoms with Crippen molar-refractivity contribution in [1.29, 1.82) is 0 Å². The summed E-state index contributed by atoms with van der Waals surface area (Å²) >= 11 is 0. The quantitative estimate of drug-likeness (QED) is 0.504. The highest BCUT2D eigenvalue weighted by atomic mass is 16.5. The van der Waals surface area contributed by atoms with Gasteiger partial charge in [-0.25, -0.2) is 5.43 Å². The van der Waals surface area contributed by atoms with Gasteiger partial charge in [0, 0.05) is 24.2 Å². The normalized spacial score (nSPS) is 25.8. The molecule has 3 heterocycles. The minimum atomic E-state index is -0.869. The number of esters is 1. The van der Waals surface area contributed by atoms with Gasteiger partial charge >= 0.3 is 5.97 Å². The predicted molar refractivity (Wildman–Crippen MR) is 138 cm³/mol. The van der Waals surface area contributed by atoms with Crippen LogP contribution >= 0.6 is 0 Å². The van der Waals surface area contributed by atoms with E-state index in [9.17, 15) is 19.2 Å². The number of nitrogens with zero attached hydrogens (tertiary/aromatic N) is 2. The molecule has 37 heavy (non-hydrogen) atoms. The lowest BCUT2D eigenvalue weighted by Gasteiger charge is -2.35. The molecular formula is C27H33N5O5. The summed E-state index contributed by atoms with van der Waals surface area (Å²) in [6.45, 7) is 7.39. The Morgan fingerprint density at radius 1 is 1.03 bits per heavy atom. The van der Waals surface area contributed by atoms with E-state index in [2.05, 4.69) is 21.0 Å². The van der Waals surface area contributed by atoms with E-state index in [1.807, 2.05) is 38.1 Å². The summed E-state index contributed by atoms with van der Waals surface area (Å²) in [5.74, 6) is -1.96. The molecule has 196 valence electrons. The van der Waals surface area contributed by atoms with E-state index in [1.54, 1.807) is 26.1 Å². The fourth-order valence-electron chi connectivity index (χ4n) is 4.46. The monoisotopic (exact) mass is 507 g/mol. The molecular weight excluding hydrogens is 474 g/mol. The second kappa shape index (κ2) is 11.1. The summed E-state index contributed by atoms with van der Waals surface area (Å²) in [6.07, 6.45) is 5.23. The van der Waals surface area contributed by atoms with Crippen molar-refractivity contribution in [2.45, 2.75) is 64.8 Å². The summed E-state index contributed by atoms with van der Waals surface area (Å²) in [6, 6.07) is 5.16. The first-order chi connectivity index (χ1) is 17.6. The van der Waals surface area contributed by atoms with Crippen molar-refractivity contribution < 1.29 is 23.9 Å². The van der Waals surface area contributed by atoms with Gasteiger partial charge in [-0.2, -0.15) is 0 Å². The van der Waals surface area contributed by atoms with Crippen LogP contribution in [0.25, 0.3) is 16.8 Å². The van der Waals surface area contributed by atoms with Crippen LogP contribution in [0.4, 0.5) is 0 Å². The lowest BCUT2D eigenvalue weighted by atomic mass is 10.0. The van der Waals surface area contributed by atoms with Crippen LogP contribution in [0.3, 0.4) is 0 Å². The number of hydrogen-bond donors (Lipinski definition) is 3. The van der Waals surface area contributed by atoms with Crippen LogP contribution in [0.2, 0.25) is 0 Å². The molecule has 4 unspecified atom stereocenters. The first kappa shape index (κ1) is 26.3. The third-order valence-electron chi connectivity index (χ3n) is 6.65. The number of ether oxygens (including phenoxy) is 1. The van der Waals surface area contributed by atoms with E-state index in [-0.39, 0.29) is 11.8 Å². The lowest BCUT2D eigenvalue weighted by Crippen LogP contribution is -2.61. The molecule has 4 rings (SSSR count). The van der Waals surface area contributed by atoms with Crippen LogP contribution in [0.5, 0.6) is 0 Å². The number of amides is 3. The smallest absolute Gasteiger partial charge is 0.325 e. The highest BCUT2D eigenvalue weighted by molar-refractivity contribution is 5.97. The second-order valence-electron chi connectivity index (χ2n) is 9.90. The van der Waals surface area contributed by atoms with Crippen molar-refractivity contribution >= 4 is 40.5 Å². The standard InChI is InChI=1S/C27H33N5O5/c1-15(2)24-25(34)29-16(3)26(35)32-11-5-6-22(31-32)27(36)37-17(4)18-7-8-19-14-28-21(13-20(19)12-18)9-10-23(33)30-24/h7-10,12-17,22,24,31H,5-6,11H2,1-4H3,(H,29,34)(H,30,33). The number of pyridine rings is 1. The first-order valence-corrected chi connectivity index (χ1v) is 12.6. The van der Waals surface area contributed by atoms with Gasteiger partial charge < -0.3 is 15.4 Å². The Bertz CT molecular complexity index is 1240. The number of fused-ring (bicyclic) bond motifs is 4. The zero-order chi connectivity index (χ0) is 26.7. The number of benzene rings is 1. The van der Waals surface area contributed by atoms with Crippen LogP contribution < -0.4 is 16.1 Å². The number of hydrogen-bond acceptors (Lipinski definition) is 7. The minimum Gasteiger partial charge on any atom is -0.457 e. The van der Waals surface area contributed by atoms with Crippen molar-refractivity contribution in [2.75, 3.05) is 6.54 Å². The second-order valence-corrected chi connectivity index (χ2v) is 9.90. The SMILES string of the molecule is CC1NC(=O)C(C(C)C)NC(=O)C=Cc2cc3cc(ccc3cn2)C(C)OC(=O)C2CCCN(N2)C1=O. The van der Waals surface area contributed by atoms with Crippen LogP contribution in [0.1, 0.15) is 57.9 Å². The molecule has 3 N–H and O–H groups in total. The molecule has 0 spiro atoms. The Balaban J connectivity index is 1.68. The molecule has 10 nitrogen and oxygen atoms in total. The van der Waals surface area contributed by atoms with Crippen molar-refractivity contribution in [1.82, 2.24) is 26.1 Å². The fraction of sp³-hybridized carbons (Fsp3) is 0.444. The first-order valence-electron chi connectivity index (χ1n) is 12.6. The number of carbonyl (C=O) groups is 4. The van der Waals surface area contributed by atoms with Crippen molar-refractivity contribution in [3.05, 3.63) is 47.8 Å². The third-order valence-corrected chi connectivity index (χ3v) is 6.65. The van der Waals surface area contributed by atoms with E-state index < -0.39 is 42.0 Å². The minimum absolute atomic E-state index is 0.219. The number of rotatable bonds is 1. The number of nitrogens with one attached hydrogen (secondary N) is 3. The highest BCUT2D eigenvalue weighted by Crippen LogP contribution is 2.24. The van der Waals surface area contributed by atoms with Crippen LogP contribution in [-0.2, 0) is 23.9 Å². The van der Waals surface area contributed by atoms with Crippen LogP contribution in [0, 0.1) is 5.92 Å². The van der Waals surface area contributed by atoms with Gasteiger partial charge in [-0.1, -0.05) is 26.0 Å². The molecule has 2 aliphatic heterocycles. The third kappa shape index (κ3) is 6.14. The maximum absolute atomic E-state index is 13.1. The van der Waals surface area contributed by atoms with E-state index in [1.165, 1.54) is 11.1 Å². The van der Waals surface area contributed by atoms with Gasteiger partial charge in [0.15, 0.2) is 0 Å². The van der Waals surface area contributed by atoms with Crippen molar-refractivity contribution in [3.63, 3.8) is 0 Å². The van der Waals surface area contributed by atoms with Crippen molar-refractivity contribution in [2.24, 2.45) is 5.92 Å². The molecule has 0 saturated carbocycles. The largest absolute Gasteiger partial charge is 0.457 e. The fourth-order valence-corrected chi connectivity index (χ4v) is 4.46. The number of carbonyl (C=O) groups excluding carboxylic acids is 4. The van der Waals surface area contributed by atoms with E-state index in [0.29, 0.717) is 25.1 Å². The van der Waals surface area contributed by atoms with Gasteiger partial charge in [0.2, 0.25) is 11.8 Å². The number of hydrazine groups is 1. The molecule has 1 saturated heterocycles. The Hall–Kier alpha value is -3.79. The molecule has 10 heteroatoms. The zero-order valence-electron chi connectivity index (χ0n) is 21.5. The summed E-state index contributed by atoms with van der Waals surface area (Å²) in [5.41, 5.74) is 4.34.